The Balaban J connectivity index is 5.01. The lowest BCUT2D eigenvalue weighted by atomic mass is 9.80. The summed E-state index contributed by atoms with van der Waals surface area (Å²) >= 11 is 0. The lowest BCUT2D eigenvalue weighted by Gasteiger charge is -2.28. The summed E-state index contributed by atoms with van der Waals surface area (Å²) in [4.78, 5) is 11.5. The molecule has 0 aromatic rings. The van der Waals surface area contributed by atoms with Crippen LogP contribution in [0.3, 0.4) is 0 Å². The first-order valence-corrected chi connectivity index (χ1v) is 4.36. The zero-order valence-corrected chi connectivity index (χ0v) is 9.29. The molecule has 0 aromatic heterocycles. The number of methoxy groups -OCH3 is 1. The molecular weight excluding hydrogens is 184 g/mol. The fraction of sp³-hybridized carbons (Fsp3) is 0.778. The van der Waals surface area contributed by atoms with Crippen molar-refractivity contribution in [2.75, 3.05) is 14.2 Å². The summed E-state index contributed by atoms with van der Waals surface area (Å²) in [5.41, 5.74) is -0.363. The molecule has 2 N–H and O–H groups in total. The maximum absolute atomic E-state index is 11.5. The van der Waals surface area contributed by atoms with Gasteiger partial charge in [-0.2, -0.15) is 0 Å². The minimum absolute atomic E-state index is 0.0249. The summed E-state index contributed by atoms with van der Waals surface area (Å²) in [6.07, 6.45) is 0. The Labute approximate surface area is 84.1 Å². The van der Waals surface area contributed by atoms with E-state index in [0.29, 0.717) is 0 Å². The van der Waals surface area contributed by atoms with Gasteiger partial charge in [0.05, 0.1) is 7.11 Å². The molecule has 0 heterocycles. The number of nitrogens with zero attached hydrogens (tertiary/aromatic N) is 1. The number of oxime groups is 1. The van der Waals surface area contributed by atoms with Crippen LogP contribution in [0.1, 0.15) is 20.8 Å². The number of hydrogen-bond donors (Lipinski definition) is 2. The Hall–Kier alpha value is -1.26. The highest BCUT2D eigenvalue weighted by Crippen LogP contribution is 2.27. The molecule has 0 rings (SSSR count). The number of nitrogens with one attached hydrogen (secondary N) is 1. The van der Waals surface area contributed by atoms with E-state index in [0.717, 1.165) is 0 Å². The number of carbonyl (C=O) groups excluding carboxylic acids is 1. The number of ether oxygens (including phenoxy) is 1. The molecule has 0 aliphatic rings. The second kappa shape index (κ2) is 4.83. The van der Waals surface area contributed by atoms with E-state index in [9.17, 15) is 4.79 Å². The van der Waals surface area contributed by atoms with E-state index in [2.05, 4.69) is 10.5 Å². The van der Waals surface area contributed by atoms with Crippen LogP contribution in [0.5, 0.6) is 0 Å². The van der Waals surface area contributed by atoms with Crippen molar-refractivity contribution >= 4 is 11.8 Å². The molecule has 5 nitrogen and oxygen atoms in total. The van der Waals surface area contributed by atoms with E-state index in [1.54, 1.807) is 0 Å². The first kappa shape index (κ1) is 12.7. The van der Waals surface area contributed by atoms with Crippen molar-refractivity contribution in [2.45, 2.75) is 20.8 Å². The molecule has 1 amide bonds. The van der Waals surface area contributed by atoms with E-state index in [1.807, 2.05) is 20.8 Å². The summed E-state index contributed by atoms with van der Waals surface area (Å²) in [5.74, 6) is -0.800. The third-order valence-corrected chi connectivity index (χ3v) is 1.93. The van der Waals surface area contributed by atoms with Gasteiger partial charge in [-0.15, -0.1) is 0 Å². The summed E-state index contributed by atoms with van der Waals surface area (Å²) < 4.78 is 4.85. The SMILES string of the molecule is CNC(=O)C(/C(=N/O)OC)C(C)(C)C. The standard InChI is InChI=1S/C9H18N2O3/c1-9(2,3)6(7(12)10-4)8(11-13)14-5/h6,13H,1-5H3,(H,10,12)/b11-8-. The third kappa shape index (κ3) is 2.90. The highest BCUT2D eigenvalue weighted by Gasteiger charge is 2.36. The van der Waals surface area contributed by atoms with Crippen LogP contribution in [0.2, 0.25) is 0 Å². The molecule has 1 atom stereocenters. The first-order chi connectivity index (χ1) is 6.38. The van der Waals surface area contributed by atoms with Crippen LogP contribution < -0.4 is 5.32 Å². The third-order valence-electron chi connectivity index (χ3n) is 1.93. The van der Waals surface area contributed by atoms with Crippen molar-refractivity contribution in [3.63, 3.8) is 0 Å². The van der Waals surface area contributed by atoms with Crippen LogP contribution in [0, 0.1) is 11.3 Å². The maximum Gasteiger partial charge on any atom is 0.238 e. The second-order valence-electron chi connectivity index (χ2n) is 4.06. The molecule has 0 saturated heterocycles. The van der Waals surface area contributed by atoms with Crippen molar-refractivity contribution < 1.29 is 14.7 Å². The average molecular weight is 202 g/mol. The molecule has 82 valence electrons. The van der Waals surface area contributed by atoms with Gasteiger partial charge in [0.15, 0.2) is 0 Å². The van der Waals surface area contributed by atoms with Gasteiger partial charge in [-0.05, 0) is 5.41 Å². The van der Waals surface area contributed by atoms with Gasteiger partial charge >= 0.3 is 0 Å². The summed E-state index contributed by atoms with van der Waals surface area (Å²) in [6.45, 7) is 5.62. The highest BCUT2D eigenvalue weighted by atomic mass is 16.5. The molecule has 5 heteroatoms. The van der Waals surface area contributed by atoms with E-state index in [1.165, 1.54) is 14.2 Å². The van der Waals surface area contributed by atoms with Gasteiger partial charge in [-0.3, -0.25) is 4.79 Å². The average Bonchev–Trinajstić information content (AvgIpc) is 2.10. The van der Waals surface area contributed by atoms with Gasteiger partial charge in [0.1, 0.15) is 5.92 Å². The number of amides is 1. The van der Waals surface area contributed by atoms with Gasteiger partial charge in [0, 0.05) is 7.05 Å². The Kier molecular flexibility index (Phi) is 4.40. The fourth-order valence-electron chi connectivity index (χ4n) is 1.24. The van der Waals surface area contributed by atoms with E-state index in [4.69, 9.17) is 9.94 Å². The van der Waals surface area contributed by atoms with Crippen LogP contribution >= 0.6 is 0 Å². The van der Waals surface area contributed by atoms with Crippen LogP contribution in [0.4, 0.5) is 0 Å². The Morgan fingerprint density at radius 2 is 2.00 bits per heavy atom. The first-order valence-electron chi connectivity index (χ1n) is 4.36. The number of hydrogen-bond acceptors (Lipinski definition) is 4. The quantitative estimate of drug-likeness (QED) is 0.301. The van der Waals surface area contributed by atoms with Crippen LogP contribution in [0.15, 0.2) is 5.16 Å². The number of rotatable bonds is 2. The van der Waals surface area contributed by atoms with Crippen molar-refractivity contribution in [1.29, 1.82) is 0 Å². The molecule has 1 unspecified atom stereocenters. The Bertz CT molecular complexity index is 231. The largest absolute Gasteiger partial charge is 0.481 e. The zero-order chi connectivity index (χ0) is 11.4. The van der Waals surface area contributed by atoms with Gasteiger partial charge in [-0.1, -0.05) is 25.9 Å². The van der Waals surface area contributed by atoms with Crippen molar-refractivity contribution in [2.24, 2.45) is 16.5 Å². The molecule has 0 saturated carbocycles. The van der Waals surface area contributed by atoms with Gasteiger partial charge < -0.3 is 15.3 Å². The Morgan fingerprint density at radius 3 is 2.21 bits per heavy atom. The Morgan fingerprint density at radius 1 is 1.50 bits per heavy atom. The van der Waals surface area contributed by atoms with E-state index in [-0.39, 0.29) is 17.2 Å². The lowest BCUT2D eigenvalue weighted by Crippen LogP contribution is -2.42. The molecule has 0 aliphatic heterocycles. The van der Waals surface area contributed by atoms with E-state index < -0.39 is 5.92 Å². The van der Waals surface area contributed by atoms with Crippen molar-refractivity contribution in [3.05, 3.63) is 0 Å². The predicted molar refractivity (Wildman–Crippen MR) is 53.2 cm³/mol. The molecule has 0 bridgehead atoms. The summed E-state index contributed by atoms with van der Waals surface area (Å²) in [6, 6.07) is 0. The van der Waals surface area contributed by atoms with Gasteiger partial charge in [0.2, 0.25) is 11.8 Å². The summed E-state index contributed by atoms with van der Waals surface area (Å²) in [7, 11) is 2.91. The minimum Gasteiger partial charge on any atom is -0.481 e. The molecule has 0 fully saturated rings. The fourth-order valence-corrected chi connectivity index (χ4v) is 1.24. The molecule has 0 spiro atoms. The van der Waals surface area contributed by atoms with Gasteiger partial charge in [-0.25, -0.2) is 0 Å². The minimum atomic E-state index is -0.595. The normalized spacial score (nSPS) is 14.8. The predicted octanol–water partition coefficient (Wildman–Crippen LogP) is 0.829. The summed E-state index contributed by atoms with van der Waals surface area (Å²) in [5, 5.41) is 14.2. The van der Waals surface area contributed by atoms with Crippen molar-refractivity contribution in [3.8, 4) is 0 Å². The molecule has 0 radical (unpaired) electrons. The molecular formula is C9H18N2O3. The molecule has 14 heavy (non-hydrogen) atoms. The monoisotopic (exact) mass is 202 g/mol. The molecule has 0 aliphatic carbocycles. The van der Waals surface area contributed by atoms with Gasteiger partial charge in [0.25, 0.3) is 0 Å². The second-order valence-corrected chi connectivity index (χ2v) is 4.06. The van der Waals surface area contributed by atoms with Crippen LogP contribution in [0.25, 0.3) is 0 Å². The smallest absolute Gasteiger partial charge is 0.238 e. The molecule has 0 aromatic carbocycles. The highest BCUT2D eigenvalue weighted by molar-refractivity contribution is 6.00. The van der Waals surface area contributed by atoms with Crippen molar-refractivity contribution in [1.82, 2.24) is 5.32 Å². The maximum atomic E-state index is 11.5. The lowest BCUT2D eigenvalue weighted by molar-refractivity contribution is -0.125. The zero-order valence-electron chi connectivity index (χ0n) is 9.29. The van der Waals surface area contributed by atoms with E-state index >= 15 is 0 Å². The topological polar surface area (TPSA) is 70.9 Å². The van der Waals surface area contributed by atoms with Crippen LogP contribution in [-0.4, -0.2) is 31.2 Å². The number of carbonyl (C=O) groups is 1. The van der Waals surface area contributed by atoms with Crippen LogP contribution in [-0.2, 0) is 9.53 Å².